The smallest absolute Gasteiger partial charge is 0.255 e. The number of hydrogen-bond donors (Lipinski definition) is 2. The number of alkyl halides is 1. The molecule has 1 saturated carbocycles. The number of carbonyl (C=O) groups is 1. The van der Waals surface area contributed by atoms with Crippen molar-refractivity contribution in [3.8, 4) is 0 Å². The molecule has 1 unspecified atom stereocenters. The fourth-order valence-corrected chi connectivity index (χ4v) is 3.90. The molecule has 1 aliphatic carbocycles. The van der Waals surface area contributed by atoms with Crippen LogP contribution in [0.5, 0.6) is 0 Å². The Kier molecular flexibility index (Phi) is 6.39. The van der Waals surface area contributed by atoms with Gasteiger partial charge in [0.2, 0.25) is 0 Å². The van der Waals surface area contributed by atoms with Crippen LogP contribution in [0, 0.1) is 5.82 Å². The zero-order chi connectivity index (χ0) is 20.5. The van der Waals surface area contributed by atoms with E-state index in [2.05, 4.69) is 15.5 Å². The second-order valence-corrected chi connectivity index (χ2v) is 7.82. The molecule has 3 rings (SSSR count). The van der Waals surface area contributed by atoms with Gasteiger partial charge in [-0.15, -0.1) is 10.2 Å². The second kappa shape index (κ2) is 8.45. The van der Waals surface area contributed by atoms with Gasteiger partial charge in [0.15, 0.2) is 10.3 Å². The zero-order valence-corrected chi connectivity index (χ0v) is 16.7. The van der Waals surface area contributed by atoms with Crippen molar-refractivity contribution in [3.05, 3.63) is 56.5 Å². The summed E-state index contributed by atoms with van der Waals surface area (Å²) in [6.45, 7) is 0. The van der Waals surface area contributed by atoms with Gasteiger partial charge in [0.1, 0.15) is 12.0 Å². The number of amides is 1. The molecule has 1 aromatic carbocycles. The van der Waals surface area contributed by atoms with Crippen molar-refractivity contribution < 1.29 is 18.7 Å². The van der Waals surface area contributed by atoms with E-state index < -0.39 is 29.5 Å². The molecule has 2 aromatic rings. The molecule has 150 valence electrons. The number of aromatic nitrogens is 2. The van der Waals surface area contributed by atoms with Crippen LogP contribution >= 0.6 is 34.8 Å². The summed E-state index contributed by atoms with van der Waals surface area (Å²) in [5, 5.41) is 20.5. The van der Waals surface area contributed by atoms with Crippen molar-refractivity contribution in [2.24, 2.45) is 0 Å². The first-order valence-corrected chi connectivity index (χ1v) is 9.64. The van der Waals surface area contributed by atoms with Crippen LogP contribution in [0.4, 0.5) is 8.78 Å². The number of halogens is 5. The Balaban J connectivity index is 2.00. The lowest BCUT2D eigenvalue weighted by atomic mass is 9.76. The molecule has 0 radical (unpaired) electrons. The average Bonchev–Trinajstić information content (AvgIpc) is 2.66. The van der Waals surface area contributed by atoms with Crippen LogP contribution in [0.15, 0.2) is 24.3 Å². The molecule has 1 fully saturated rings. The fraction of sp³-hybridized carbons (Fsp3) is 0.389. The van der Waals surface area contributed by atoms with Crippen LogP contribution in [0.25, 0.3) is 0 Å². The SMILES string of the molecule is O=C(NC(c1cccc(F)c1Cl)C1(O)CCC(F)CC1)c1cc(Cl)nnc1Cl. The minimum absolute atomic E-state index is 0.0495. The number of aliphatic hydroxyl groups is 1. The molecule has 10 heteroatoms. The van der Waals surface area contributed by atoms with E-state index in [0.717, 1.165) is 6.07 Å². The quantitative estimate of drug-likeness (QED) is 0.708. The van der Waals surface area contributed by atoms with E-state index in [-0.39, 0.29) is 52.1 Å². The van der Waals surface area contributed by atoms with E-state index >= 15 is 0 Å². The lowest BCUT2D eigenvalue weighted by Gasteiger charge is -2.41. The van der Waals surface area contributed by atoms with E-state index in [1.54, 1.807) is 0 Å². The maximum atomic E-state index is 14.0. The number of nitrogens with zero attached hydrogens (tertiary/aromatic N) is 2. The number of carbonyl (C=O) groups excluding carboxylic acids is 1. The zero-order valence-electron chi connectivity index (χ0n) is 14.4. The lowest BCUT2D eigenvalue weighted by Crippen LogP contribution is -2.48. The Morgan fingerprint density at radius 3 is 2.61 bits per heavy atom. The van der Waals surface area contributed by atoms with Crippen molar-refractivity contribution >= 4 is 40.7 Å². The molecule has 1 amide bonds. The third-order valence-corrected chi connectivity index (χ3v) is 5.71. The monoisotopic (exact) mass is 449 g/mol. The molecule has 1 atom stereocenters. The van der Waals surface area contributed by atoms with Crippen LogP contribution < -0.4 is 5.32 Å². The first-order chi connectivity index (χ1) is 13.2. The van der Waals surface area contributed by atoms with E-state index in [1.807, 2.05) is 0 Å². The summed E-state index contributed by atoms with van der Waals surface area (Å²) in [5.74, 6) is -1.41. The molecule has 5 nitrogen and oxygen atoms in total. The fourth-order valence-electron chi connectivity index (χ4n) is 3.34. The van der Waals surface area contributed by atoms with Crippen LogP contribution in [-0.2, 0) is 0 Å². The Bertz CT molecular complexity index is 892. The van der Waals surface area contributed by atoms with Crippen molar-refractivity contribution in [1.29, 1.82) is 0 Å². The van der Waals surface area contributed by atoms with Crippen molar-refractivity contribution in [2.75, 3.05) is 0 Å². The Labute approximate surface area is 175 Å². The predicted octanol–water partition coefficient (Wildman–Crippen LogP) is 4.69. The molecule has 1 aliphatic rings. The van der Waals surface area contributed by atoms with Gasteiger partial charge in [0.25, 0.3) is 5.91 Å². The summed E-state index contributed by atoms with van der Waals surface area (Å²) < 4.78 is 27.7. The number of rotatable bonds is 4. The molecule has 0 saturated heterocycles. The summed E-state index contributed by atoms with van der Waals surface area (Å²) in [7, 11) is 0. The average molecular weight is 451 g/mol. The first-order valence-electron chi connectivity index (χ1n) is 8.51. The minimum Gasteiger partial charge on any atom is -0.387 e. The summed E-state index contributed by atoms with van der Waals surface area (Å²) in [6, 6.07) is 4.20. The molecule has 1 aromatic heterocycles. The summed E-state index contributed by atoms with van der Waals surface area (Å²) in [5.41, 5.74) is -1.41. The van der Waals surface area contributed by atoms with E-state index in [0.29, 0.717) is 0 Å². The summed E-state index contributed by atoms with van der Waals surface area (Å²) in [6.07, 6.45) is -0.695. The van der Waals surface area contributed by atoms with Crippen LogP contribution in [0.2, 0.25) is 15.3 Å². The number of nitrogens with one attached hydrogen (secondary N) is 1. The van der Waals surface area contributed by atoms with Crippen molar-refractivity contribution in [2.45, 2.75) is 43.5 Å². The minimum atomic E-state index is -1.52. The first kappa shape index (κ1) is 21.2. The summed E-state index contributed by atoms with van der Waals surface area (Å²) in [4.78, 5) is 12.8. The van der Waals surface area contributed by atoms with E-state index in [1.165, 1.54) is 18.2 Å². The van der Waals surface area contributed by atoms with E-state index in [4.69, 9.17) is 34.8 Å². The normalized spacial score (nSPS) is 23.3. The van der Waals surface area contributed by atoms with Gasteiger partial charge in [-0.25, -0.2) is 8.78 Å². The topological polar surface area (TPSA) is 75.1 Å². The number of hydrogen-bond acceptors (Lipinski definition) is 4. The molecule has 0 aliphatic heterocycles. The maximum absolute atomic E-state index is 14.0. The highest BCUT2D eigenvalue weighted by Gasteiger charge is 2.43. The molecule has 28 heavy (non-hydrogen) atoms. The third-order valence-electron chi connectivity index (χ3n) is 4.85. The Morgan fingerprint density at radius 2 is 1.93 bits per heavy atom. The maximum Gasteiger partial charge on any atom is 0.255 e. The van der Waals surface area contributed by atoms with Gasteiger partial charge < -0.3 is 10.4 Å². The summed E-state index contributed by atoms with van der Waals surface area (Å²) >= 11 is 17.8. The Hall–Kier alpha value is -1.54. The van der Waals surface area contributed by atoms with Crippen molar-refractivity contribution in [3.63, 3.8) is 0 Å². The molecule has 0 spiro atoms. The van der Waals surface area contributed by atoms with Gasteiger partial charge in [-0.05, 0) is 43.4 Å². The molecular weight excluding hydrogens is 435 g/mol. The van der Waals surface area contributed by atoms with Crippen LogP contribution in [0.1, 0.15) is 47.6 Å². The van der Waals surface area contributed by atoms with Crippen molar-refractivity contribution in [1.82, 2.24) is 15.5 Å². The Morgan fingerprint density at radius 1 is 1.25 bits per heavy atom. The highest BCUT2D eigenvalue weighted by molar-refractivity contribution is 6.34. The molecular formula is C18H16Cl3F2N3O2. The van der Waals surface area contributed by atoms with Gasteiger partial charge in [0.05, 0.1) is 22.2 Å². The van der Waals surface area contributed by atoms with Gasteiger partial charge in [0, 0.05) is 0 Å². The molecule has 2 N–H and O–H groups in total. The largest absolute Gasteiger partial charge is 0.387 e. The molecule has 1 heterocycles. The van der Waals surface area contributed by atoms with E-state index in [9.17, 15) is 18.7 Å². The predicted molar refractivity (Wildman–Crippen MR) is 102 cm³/mol. The third kappa shape index (κ3) is 4.38. The van der Waals surface area contributed by atoms with Gasteiger partial charge in [-0.1, -0.05) is 46.9 Å². The van der Waals surface area contributed by atoms with Crippen LogP contribution in [0.3, 0.4) is 0 Å². The van der Waals surface area contributed by atoms with Gasteiger partial charge >= 0.3 is 0 Å². The highest BCUT2D eigenvalue weighted by atomic mass is 35.5. The van der Waals surface area contributed by atoms with Gasteiger partial charge in [-0.3, -0.25) is 4.79 Å². The molecule has 0 bridgehead atoms. The number of benzene rings is 1. The second-order valence-electron chi connectivity index (χ2n) is 6.70. The lowest BCUT2D eigenvalue weighted by molar-refractivity contribution is -0.0445. The highest BCUT2D eigenvalue weighted by Crippen LogP contribution is 2.42. The standard InChI is InChI=1S/C18H16Cl3F2N3O2/c19-13-8-11(16(21)26-25-13)17(27)24-15(10-2-1-3-12(23)14(10)20)18(28)6-4-9(22)5-7-18/h1-3,8-9,15,28H,4-7H2,(H,24,27). The van der Waals surface area contributed by atoms with Gasteiger partial charge in [-0.2, -0.15) is 0 Å². The van der Waals surface area contributed by atoms with Crippen LogP contribution in [-0.4, -0.2) is 33.0 Å².